The summed E-state index contributed by atoms with van der Waals surface area (Å²) in [5.74, 6) is 0. The van der Waals surface area contributed by atoms with Crippen LogP contribution in [0.25, 0.3) is 0 Å². The number of rotatable bonds is 0. The normalized spacial score (nSPS) is 15.8. The van der Waals surface area contributed by atoms with Crippen molar-refractivity contribution in [2.75, 3.05) is 0 Å². The molecule has 0 rings (SSSR count). The monoisotopic (exact) mass is 358 g/mol. The van der Waals surface area contributed by atoms with Crippen LogP contribution < -0.4 is 0 Å². The summed E-state index contributed by atoms with van der Waals surface area (Å²) in [6, 6.07) is 0. The van der Waals surface area contributed by atoms with Gasteiger partial charge in [0.1, 0.15) is 0 Å². The molecule has 0 amide bonds. The van der Waals surface area contributed by atoms with Crippen LogP contribution in [0.3, 0.4) is 0 Å². The van der Waals surface area contributed by atoms with Gasteiger partial charge >= 0.3 is 64.8 Å². The Morgan fingerprint density at radius 1 is 0.818 bits per heavy atom. The fraction of sp³-hybridized carbons (Fsp3) is 0. The molecular weight excluding hydrogens is 362 g/mol. The number of halogens is 8. The van der Waals surface area contributed by atoms with Crippen molar-refractivity contribution in [1.29, 1.82) is 0 Å². The van der Waals surface area contributed by atoms with Gasteiger partial charge in [0.25, 0.3) is 0 Å². The molecule has 0 aliphatic carbocycles. The average Bonchev–Trinajstić information content (AvgIpc) is 1.07. The van der Waals surface area contributed by atoms with Gasteiger partial charge < -0.3 is 0 Å². The Balaban J connectivity index is 0. The van der Waals surface area contributed by atoms with Gasteiger partial charge in [0.15, 0.2) is 0 Å². The van der Waals surface area contributed by atoms with Crippen LogP contribution in [0.2, 0.25) is 0 Å². The van der Waals surface area contributed by atoms with E-state index in [-0.39, 0.29) is 0 Å². The molecule has 0 aromatic heterocycles. The summed E-state index contributed by atoms with van der Waals surface area (Å²) in [7, 11) is 0. The molecule has 0 saturated carbocycles. The van der Waals surface area contributed by atoms with E-state index in [2.05, 4.69) is 33.7 Å². The summed E-state index contributed by atoms with van der Waals surface area (Å²) in [5.41, 5.74) is 0. The van der Waals surface area contributed by atoms with Gasteiger partial charge in [0.05, 0.1) is 0 Å². The van der Waals surface area contributed by atoms with E-state index in [0.717, 1.165) is 0 Å². The van der Waals surface area contributed by atoms with Gasteiger partial charge in [-0.25, -0.2) is 0 Å². The van der Waals surface area contributed by atoms with Crippen molar-refractivity contribution >= 4 is 98.5 Å². The first kappa shape index (κ1) is 16.4. The van der Waals surface area contributed by atoms with Gasteiger partial charge in [-0.1, -0.05) is 0 Å². The van der Waals surface area contributed by atoms with Crippen molar-refractivity contribution in [2.45, 2.75) is 0 Å². The topological polar surface area (TPSA) is 17.1 Å². The maximum atomic E-state index is 9.51. The van der Waals surface area contributed by atoms with Crippen molar-refractivity contribution in [3.8, 4) is 0 Å². The second kappa shape index (κ2) is 5.17. The minimum absolute atomic E-state index is 3.22. The fourth-order valence-corrected chi connectivity index (χ4v) is 0. The van der Waals surface area contributed by atoms with E-state index < -0.39 is 8.57 Å². The molecule has 0 N–H and O–H groups in total. The predicted molar refractivity (Wildman–Crippen MR) is 61.4 cm³/mol. The van der Waals surface area contributed by atoms with E-state index >= 15 is 0 Å². The van der Waals surface area contributed by atoms with Gasteiger partial charge in [-0.3, -0.25) is 4.57 Å². The molecule has 1 nitrogen and oxygen atoms in total. The molecule has 0 spiro atoms. The molecule has 0 heterocycles. The van der Waals surface area contributed by atoms with Gasteiger partial charge in [0, 0.05) is 0 Å². The van der Waals surface area contributed by atoms with Gasteiger partial charge in [-0.15, -0.1) is 0 Å². The second-order valence-electron chi connectivity index (χ2n) is 1.04. The van der Waals surface area contributed by atoms with Crippen molar-refractivity contribution in [2.24, 2.45) is 0 Å². The Morgan fingerprint density at radius 3 is 0.818 bits per heavy atom. The minimum Gasteiger partial charge on any atom is -0.271 e. The first-order chi connectivity index (χ1) is 4.24. The quantitative estimate of drug-likeness (QED) is 0.420. The molecule has 0 unspecified atom stereocenters. The SMILES string of the molecule is ClP(Cl)(Cl)(Cl)Cl.O=P(Cl)(Cl)Cl. The van der Waals surface area contributed by atoms with E-state index in [0.29, 0.717) is 0 Å². The van der Waals surface area contributed by atoms with Crippen LogP contribution in [0.4, 0.5) is 0 Å². The van der Waals surface area contributed by atoms with E-state index in [9.17, 15) is 4.57 Å². The summed E-state index contributed by atoms with van der Waals surface area (Å²) in [6.45, 7) is 0. The molecule has 0 fully saturated rings. The third-order valence-electron chi connectivity index (χ3n) is 0. The van der Waals surface area contributed by atoms with Crippen LogP contribution in [0.15, 0.2) is 0 Å². The summed E-state index contributed by atoms with van der Waals surface area (Å²) in [4.78, 5) is 0. The van der Waals surface area contributed by atoms with Crippen molar-refractivity contribution in [3.05, 3.63) is 0 Å². The number of hydrogen-bond acceptors (Lipinski definition) is 1. The Morgan fingerprint density at radius 2 is 0.818 bits per heavy atom. The fourth-order valence-electron chi connectivity index (χ4n) is 0. The van der Waals surface area contributed by atoms with Gasteiger partial charge in [-0.2, -0.15) is 0 Å². The average molecular weight is 362 g/mol. The Kier molecular flexibility index (Phi) is 7.72. The van der Waals surface area contributed by atoms with Gasteiger partial charge in [0.2, 0.25) is 0 Å². The summed E-state index contributed by atoms with van der Waals surface area (Å²) in [5, 5.41) is -3.22. The molecule has 11 heteroatoms. The standard InChI is InChI=1S/Cl5P.Cl3OP/c1-6(2,3,4)5;1-5(2,3)4. The molecule has 0 saturated heterocycles. The molecule has 0 radical (unpaired) electrons. The van der Waals surface area contributed by atoms with Crippen molar-refractivity contribution in [1.82, 2.24) is 0 Å². The van der Waals surface area contributed by atoms with E-state index in [1.807, 2.05) is 0 Å². The largest absolute Gasteiger partial charge is 0.339 e. The zero-order chi connectivity index (χ0) is 9.95. The number of hydrogen-bond donors (Lipinski definition) is 0. The molecule has 72 valence electrons. The third kappa shape index (κ3) is 176. The molecule has 0 aliphatic rings. The van der Waals surface area contributed by atoms with Crippen LogP contribution in [-0.4, -0.2) is 0 Å². The van der Waals surface area contributed by atoms with Crippen LogP contribution in [-0.2, 0) is 4.57 Å². The Labute approximate surface area is 102 Å². The summed E-state index contributed by atoms with van der Waals surface area (Å²) < 4.78 is 5.82. The second-order valence-corrected chi connectivity index (χ2v) is 24.3. The summed E-state index contributed by atoms with van der Waals surface area (Å²) in [6.07, 6.45) is 0. The Hall–Kier alpha value is 2.98. The molecule has 0 atom stereocenters. The van der Waals surface area contributed by atoms with Gasteiger partial charge in [-0.05, 0) is 33.7 Å². The van der Waals surface area contributed by atoms with Crippen LogP contribution >= 0.6 is 98.5 Å². The Bertz CT molecular complexity index is 131. The minimum atomic E-state index is -3.69. The van der Waals surface area contributed by atoms with Crippen LogP contribution in [0, 0.1) is 0 Å². The summed E-state index contributed by atoms with van der Waals surface area (Å²) >= 11 is 38.7. The molecule has 0 aromatic rings. The maximum Gasteiger partial charge on any atom is 0.339 e. The van der Waals surface area contributed by atoms with Crippen molar-refractivity contribution < 1.29 is 4.57 Å². The molecule has 0 aromatic carbocycles. The zero-order valence-electron chi connectivity index (χ0n) is 4.33. The molecule has 0 aliphatic heterocycles. The first-order valence-electron chi connectivity index (χ1n) is 1.53. The zero-order valence-corrected chi connectivity index (χ0v) is 12.2. The van der Waals surface area contributed by atoms with Crippen LogP contribution in [0.5, 0.6) is 0 Å². The van der Waals surface area contributed by atoms with Crippen molar-refractivity contribution in [3.63, 3.8) is 0 Å². The van der Waals surface area contributed by atoms with E-state index in [1.165, 1.54) is 0 Å². The maximum absolute atomic E-state index is 9.51. The first-order valence-corrected chi connectivity index (χ1v) is 12.7. The van der Waals surface area contributed by atoms with E-state index in [1.54, 1.807) is 0 Å². The van der Waals surface area contributed by atoms with E-state index in [4.69, 9.17) is 56.2 Å². The predicted octanol–water partition coefficient (Wildman–Crippen LogP) is 7.12. The molecule has 11 heavy (non-hydrogen) atoms. The third-order valence-corrected chi connectivity index (χ3v) is 0. The molecule has 0 bridgehead atoms. The van der Waals surface area contributed by atoms with Crippen LogP contribution in [0.1, 0.15) is 0 Å². The smallest absolute Gasteiger partial charge is 0.271 e. The molecular formula is Cl8OP2.